The quantitative estimate of drug-likeness (QED) is 0.630. The van der Waals surface area contributed by atoms with Gasteiger partial charge in [0.25, 0.3) is 0 Å². The molecular weight excluding hydrogens is 264 g/mol. The van der Waals surface area contributed by atoms with Crippen LogP contribution >= 0.6 is 0 Å². The molecule has 0 spiro atoms. The molecule has 1 atom stereocenters. The molecule has 1 unspecified atom stereocenters. The lowest BCUT2D eigenvalue weighted by atomic mass is 9.88. The highest BCUT2D eigenvalue weighted by molar-refractivity contribution is 5.61. The highest BCUT2D eigenvalue weighted by Gasteiger charge is 2.23. The Hall–Kier alpha value is -2.46. The summed E-state index contributed by atoms with van der Waals surface area (Å²) in [7, 11) is 0. The third kappa shape index (κ3) is 3.77. The van der Waals surface area contributed by atoms with Crippen LogP contribution in [0, 0.1) is 4.91 Å². The van der Waals surface area contributed by atoms with Crippen molar-refractivity contribution in [2.24, 2.45) is 5.29 Å². The van der Waals surface area contributed by atoms with Crippen LogP contribution < -0.4 is 5.43 Å². The fourth-order valence-corrected chi connectivity index (χ4v) is 2.25. The summed E-state index contributed by atoms with van der Waals surface area (Å²) in [6, 6.07) is 17.1. The Morgan fingerprint density at radius 1 is 1.19 bits per heavy atom. The predicted octanol–water partition coefficient (Wildman–Crippen LogP) is 3.38. The minimum atomic E-state index is -0.961. The molecule has 0 saturated carbocycles. The maximum absolute atomic E-state index is 10.7. The van der Waals surface area contributed by atoms with Crippen molar-refractivity contribution in [1.29, 1.82) is 0 Å². The van der Waals surface area contributed by atoms with Crippen molar-refractivity contribution >= 4 is 5.70 Å². The Morgan fingerprint density at radius 2 is 1.81 bits per heavy atom. The molecule has 108 valence electrons. The van der Waals surface area contributed by atoms with Gasteiger partial charge >= 0.3 is 0 Å². The van der Waals surface area contributed by atoms with Crippen LogP contribution in [0.25, 0.3) is 5.70 Å². The Balaban J connectivity index is 2.17. The van der Waals surface area contributed by atoms with Gasteiger partial charge in [0.1, 0.15) is 0 Å². The van der Waals surface area contributed by atoms with Crippen LogP contribution in [0.5, 0.6) is 0 Å². The van der Waals surface area contributed by atoms with E-state index in [0.717, 1.165) is 16.7 Å². The molecule has 0 radical (unpaired) electrons. The summed E-state index contributed by atoms with van der Waals surface area (Å²) in [5.74, 6) is 0. The number of hydrogen-bond donors (Lipinski definition) is 2. The summed E-state index contributed by atoms with van der Waals surface area (Å²) in [6.07, 6.45) is 0.530. The number of hydrogen-bond acceptors (Lipinski definition) is 3. The van der Waals surface area contributed by atoms with Gasteiger partial charge in [0.15, 0.2) is 0 Å². The van der Waals surface area contributed by atoms with Crippen LogP contribution in [0.2, 0.25) is 0 Å². The first kappa shape index (κ1) is 14.9. The van der Waals surface area contributed by atoms with Crippen molar-refractivity contribution in [3.05, 3.63) is 82.8 Å². The van der Waals surface area contributed by atoms with E-state index < -0.39 is 5.60 Å². The van der Waals surface area contributed by atoms with Crippen LogP contribution in [-0.2, 0) is 12.0 Å². The van der Waals surface area contributed by atoms with E-state index in [-0.39, 0.29) is 0 Å². The summed E-state index contributed by atoms with van der Waals surface area (Å²) >= 11 is 0. The topological polar surface area (TPSA) is 61.7 Å². The Morgan fingerprint density at radius 3 is 2.38 bits per heavy atom. The summed E-state index contributed by atoms with van der Waals surface area (Å²) in [5.41, 5.74) is 4.38. The molecule has 0 saturated heterocycles. The van der Waals surface area contributed by atoms with Gasteiger partial charge in [-0.3, -0.25) is 0 Å². The SMILES string of the molecule is C=C(NN=O)c1ccc(C(C)(O)Cc2ccccc2)cc1. The lowest BCUT2D eigenvalue weighted by Gasteiger charge is -2.24. The van der Waals surface area contributed by atoms with Gasteiger partial charge in [-0.25, -0.2) is 5.43 Å². The number of benzene rings is 2. The van der Waals surface area contributed by atoms with Crippen molar-refractivity contribution in [3.63, 3.8) is 0 Å². The summed E-state index contributed by atoms with van der Waals surface area (Å²) in [4.78, 5) is 10.2. The minimum absolute atomic E-state index is 0.430. The van der Waals surface area contributed by atoms with E-state index in [2.05, 4.69) is 17.3 Å². The Kier molecular flexibility index (Phi) is 4.50. The smallest absolute Gasteiger partial charge is 0.0908 e. The van der Waals surface area contributed by atoms with Crippen LogP contribution in [-0.4, -0.2) is 5.11 Å². The number of nitroso groups, excluding NO2 is 1. The minimum Gasteiger partial charge on any atom is -0.385 e. The second-order valence-corrected chi connectivity index (χ2v) is 5.20. The molecule has 0 heterocycles. The molecule has 0 aliphatic rings. The average Bonchev–Trinajstić information content (AvgIpc) is 2.48. The molecule has 0 amide bonds. The maximum atomic E-state index is 10.7. The van der Waals surface area contributed by atoms with E-state index >= 15 is 0 Å². The van der Waals surface area contributed by atoms with E-state index in [1.807, 2.05) is 42.5 Å². The fourth-order valence-electron chi connectivity index (χ4n) is 2.25. The molecule has 4 nitrogen and oxygen atoms in total. The zero-order valence-corrected chi connectivity index (χ0v) is 11.9. The third-order valence-corrected chi connectivity index (χ3v) is 3.43. The van der Waals surface area contributed by atoms with Gasteiger partial charge in [-0.15, -0.1) is 4.91 Å². The Labute approximate surface area is 124 Å². The molecule has 0 aliphatic heterocycles. The van der Waals surface area contributed by atoms with Gasteiger partial charge < -0.3 is 5.11 Å². The number of nitrogens with zero attached hydrogens (tertiary/aromatic N) is 1. The standard InChI is InChI=1S/C17H18N2O2/c1-13(18-19-21)15-8-10-16(11-9-15)17(2,20)12-14-6-4-3-5-7-14/h3-11,20H,1,12H2,2H3,(H,18,21). The van der Waals surface area contributed by atoms with Crippen molar-refractivity contribution in [1.82, 2.24) is 5.43 Å². The van der Waals surface area contributed by atoms with Crippen molar-refractivity contribution < 1.29 is 5.11 Å². The zero-order valence-electron chi connectivity index (χ0n) is 11.9. The lowest BCUT2D eigenvalue weighted by Crippen LogP contribution is -2.24. The summed E-state index contributed by atoms with van der Waals surface area (Å²) < 4.78 is 0. The highest BCUT2D eigenvalue weighted by atomic mass is 16.3. The number of rotatable bonds is 6. The lowest BCUT2D eigenvalue weighted by molar-refractivity contribution is 0.0576. The molecule has 2 aromatic rings. The maximum Gasteiger partial charge on any atom is 0.0908 e. The molecular formula is C17H18N2O2. The number of nitrogens with one attached hydrogen (secondary N) is 1. The first-order valence-electron chi connectivity index (χ1n) is 6.67. The fraction of sp³-hybridized carbons (Fsp3) is 0.176. The van der Waals surface area contributed by atoms with E-state index in [0.29, 0.717) is 12.1 Å². The molecule has 21 heavy (non-hydrogen) atoms. The van der Waals surface area contributed by atoms with Crippen molar-refractivity contribution in [2.45, 2.75) is 18.9 Å². The van der Waals surface area contributed by atoms with Gasteiger partial charge in [0, 0.05) is 6.42 Å². The van der Waals surface area contributed by atoms with Gasteiger partial charge in [-0.05, 0) is 23.6 Å². The molecule has 2 aromatic carbocycles. The summed E-state index contributed by atoms with van der Waals surface area (Å²) in [5, 5.41) is 13.3. The monoisotopic (exact) mass is 282 g/mol. The van der Waals surface area contributed by atoms with E-state index in [1.54, 1.807) is 19.1 Å². The van der Waals surface area contributed by atoms with Crippen molar-refractivity contribution in [2.75, 3.05) is 0 Å². The van der Waals surface area contributed by atoms with E-state index in [4.69, 9.17) is 0 Å². The summed E-state index contributed by atoms with van der Waals surface area (Å²) in [6.45, 7) is 5.49. The molecule has 2 rings (SSSR count). The third-order valence-electron chi connectivity index (χ3n) is 3.43. The molecule has 4 heteroatoms. The van der Waals surface area contributed by atoms with Crippen LogP contribution in [0.15, 0.2) is 66.5 Å². The second kappa shape index (κ2) is 6.33. The normalized spacial score (nSPS) is 13.2. The highest BCUT2D eigenvalue weighted by Crippen LogP contribution is 2.26. The first-order valence-corrected chi connectivity index (χ1v) is 6.67. The van der Waals surface area contributed by atoms with Gasteiger partial charge in [0.2, 0.25) is 0 Å². The molecule has 0 bridgehead atoms. The molecule has 2 N–H and O–H groups in total. The number of aliphatic hydroxyl groups is 1. The molecule has 0 aromatic heterocycles. The van der Waals surface area contributed by atoms with Gasteiger partial charge in [-0.2, -0.15) is 0 Å². The van der Waals surface area contributed by atoms with Gasteiger partial charge in [-0.1, -0.05) is 61.2 Å². The predicted molar refractivity (Wildman–Crippen MR) is 84.1 cm³/mol. The average molecular weight is 282 g/mol. The molecule has 0 fully saturated rings. The van der Waals surface area contributed by atoms with Crippen LogP contribution in [0.3, 0.4) is 0 Å². The van der Waals surface area contributed by atoms with Gasteiger partial charge in [0.05, 0.1) is 16.6 Å². The van der Waals surface area contributed by atoms with E-state index in [1.165, 1.54) is 0 Å². The zero-order chi connectivity index (χ0) is 15.3. The first-order chi connectivity index (χ1) is 10.0. The largest absolute Gasteiger partial charge is 0.385 e. The second-order valence-electron chi connectivity index (χ2n) is 5.20. The van der Waals surface area contributed by atoms with Crippen LogP contribution in [0.1, 0.15) is 23.6 Å². The van der Waals surface area contributed by atoms with Crippen molar-refractivity contribution in [3.8, 4) is 0 Å². The Bertz CT molecular complexity index is 619. The molecule has 0 aliphatic carbocycles. The van der Waals surface area contributed by atoms with E-state index in [9.17, 15) is 10.0 Å². The van der Waals surface area contributed by atoms with Crippen LogP contribution in [0.4, 0.5) is 0 Å².